The van der Waals surface area contributed by atoms with Gasteiger partial charge >= 0.3 is 0 Å². The van der Waals surface area contributed by atoms with Crippen molar-refractivity contribution in [1.29, 1.82) is 0 Å². The van der Waals surface area contributed by atoms with Crippen LogP contribution in [0.4, 0.5) is 5.69 Å². The van der Waals surface area contributed by atoms with E-state index in [1.807, 2.05) is 6.07 Å². The van der Waals surface area contributed by atoms with Crippen LogP contribution in [0.25, 0.3) is 0 Å². The minimum Gasteiger partial charge on any atom is -0.366 e. The van der Waals surface area contributed by atoms with Crippen LogP contribution in [-0.4, -0.2) is 12.5 Å². The quantitative estimate of drug-likeness (QED) is 0.414. The molecule has 1 aromatic carbocycles. The van der Waals surface area contributed by atoms with Gasteiger partial charge in [-0.3, -0.25) is 4.79 Å². The van der Waals surface area contributed by atoms with Crippen molar-refractivity contribution in [3.05, 3.63) is 42.5 Å². The maximum absolute atomic E-state index is 10.6. The fourth-order valence-corrected chi connectivity index (χ4v) is 0.970. The molecule has 1 unspecified atom stereocenters. The highest BCUT2D eigenvalue weighted by molar-refractivity contribution is 5.84. The van der Waals surface area contributed by atoms with Gasteiger partial charge in [0.2, 0.25) is 0 Å². The van der Waals surface area contributed by atoms with Crippen molar-refractivity contribution >= 4 is 12.0 Å². The number of rotatable bonds is 4. The van der Waals surface area contributed by atoms with Crippen molar-refractivity contribution in [1.82, 2.24) is 0 Å². The molecule has 0 radical (unpaired) electrons. The maximum atomic E-state index is 10.6. The molecule has 0 aliphatic carbocycles. The summed E-state index contributed by atoms with van der Waals surface area (Å²) < 4.78 is 0. The Morgan fingerprint density at radius 3 is 2.77 bits per heavy atom. The van der Waals surface area contributed by atoms with Gasteiger partial charge in [-0.15, -0.1) is 0 Å². The number of benzene rings is 1. The van der Waals surface area contributed by atoms with Gasteiger partial charge in [0.1, 0.15) is 0 Å². The lowest BCUT2D eigenvalue weighted by atomic mass is 10.2. The van der Waals surface area contributed by atoms with Crippen LogP contribution in [0.2, 0.25) is 0 Å². The average Bonchev–Trinajstić information content (AvgIpc) is 2.18. The van der Waals surface area contributed by atoms with Crippen LogP contribution >= 0.6 is 0 Å². The molecule has 3 nitrogen and oxygen atoms in total. The molecular weight excluding hydrogens is 164 g/mol. The number of anilines is 1. The second kappa shape index (κ2) is 4.42. The van der Waals surface area contributed by atoms with Gasteiger partial charge in [0.25, 0.3) is 0 Å². The fraction of sp³-hybridized carbons (Fsp3) is 0.100. The summed E-state index contributed by atoms with van der Waals surface area (Å²) in [5, 5.41) is 2.94. The van der Waals surface area contributed by atoms with Crippen molar-refractivity contribution in [2.24, 2.45) is 5.73 Å². The molecule has 1 aromatic rings. The number of carbonyl (C=O) groups excluding carboxylic acids is 1. The van der Waals surface area contributed by atoms with Crippen molar-refractivity contribution in [3.8, 4) is 0 Å². The van der Waals surface area contributed by atoms with E-state index in [4.69, 9.17) is 5.73 Å². The highest BCUT2D eigenvalue weighted by Gasteiger charge is 2.01. The summed E-state index contributed by atoms with van der Waals surface area (Å²) in [6.45, 7) is 3.54. The van der Waals surface area contributed by atoms with Crippen molar-refractivity contribution in [3.63, 3.8) is 0 Å². The number of nitrogens with one attached hydrogen (secondary N) is 1. The Labute approximate surface area is 77.3 Å². The molecule has 0 aromatic heterocycles. The van der Waals surface area contributed by atoms with Crippen LogP contribution in [0.15, 0.2) is 36.9 Å². The standard InChI is InChI=1S/C10H12N2O/c1-2-10(11)12-9-6-4-3-5-8(9)7-13/h2-7,10,12H,1,11H2. The fourth-order valence-electron chi connectivity index (χ4n) is 0.970. The van der Waals surface area contributed by atoms with E-state index in [9.17, 15) is 4.79 Å². The molecule has 0 heterocycles. The number of hydrogen-bond donors (Lipinski definition) is 2. The van der Waals surface area contributed by atoms with Crippen molar-refractivity contribution in [2.45, 2.75) is 6.17 Å². The predicted octanol–water partition coefficient (Wildman–Crippen LogP) is 1.38. The van der Waals surface area contributed by atoms with Gasteiger partial charge < -0.3 is 11.1 Å². The van der Waals surface area contributed by atoms with Crippen LogP contribution in [0.3, 0.4) is 0 Å². The predicted molar refractivity (Wildman–Crippen MR) is 53.6 cm³/mol. The third kappa shape index (κ3) is 2.42. The van der Waals surface area contributed by atoms with Gasteiger partial charge in [0, 0.05) is 11.3 Å². The number of aldehydes is 1. The Morgan fingerprint density at radius 1 is 1.46 bits per heavy atom. The average molecular weight is 176 g/mol. The zero-order valence-corrected chi connectivity index (χ0v) is 7.23. The Kier molecular flexibility index (Phi) is 3.23. The van der Waals surface area contributed by atoms with Crippen LogP contribution in [0, 0.1) is 0 Å². The molecule has 3 heteroatoms. The molecule has 13 heavy (non-hydrogen) atoms. The zero-order valence-electron chi connectivity index (χ0n) is 7.23. The van der Waals surface area contributed by atoms with E-state index in [2.05, 4.69) is 11.9 Å². The van der Waals surface area contributed by atoms with E-state index in [0.717, 1.165) is 12.0 Å². The summed E-state index contributed by atoms with van der Waals surface area (Å²) in [7, 11) is 0. The Bertz CT molecular complexity index is 310. The van der Waals surface area contributed by atoms with E-state index in [1.54, 1.807) is 24.3 Å². The van der Waals surface area contributed by atoms with Gasteiger partial charge in [0.15, 0.2) is 6.29 Å². The molecule has 0 aliphatic heterocycles. The van der Waals surface area contributed by atoms with Crippen LogP contribution in [0.1, 0.15) is 10.4 Å². The monoisotopic (exact) mass is 176 g/mol. The Morgan fingerprint density at radius 2 is 2.15 bits per heavy atom. The summed E-state index contributed by atoms with van der Waals surface area (Å²) in [6, 6.07) is 7.16. The molecule has 0 spiro atoms. The second-order valence-corrected chi connectivity index (χ2v) is 2.61. The number of nitrogens with two attached hydrogens (primary N) is 1. The molecule has 68 valence electrons. The highest BCUT2D eigenvalue weighted by Crippen LogP contribution is 2.12. The molecule has 1 atom stereocenters. The molecule has 3 N–H and O–H groups in total. The van der Waals surface area contributed by atoms with Crippen molar-refractivity contribution < 1.29 is 4.79 Å². The van der Waals surface area contributed by atoms with E-state index in [-0.39, 0.29) is 6.17 Å². The van der Waals surface area contributed by atoms with E-state index < -0.39 is 0 Å². The number of para-hydroxylation sites is 1. The first-order valence-corrected chi connectivity index (χ1v) is 3.97. The maximum Gasteiger partial charge on any atom is 0.152 e. The van der Waals surface area contributed by atoms with Crippen LogP contribution in [-0.2, 0) is 0 Å². The largest absolute Gasteiger partial charge is 0.366 e. The summed E-state index contributed by atoms with van der Waals surface area (Å²) in [5.41, 5.74) is 6.91. The first-order chi connectivity index (χ1) is 6.27. The Hall–Kier alpha value is -1.61. The topological polar surface area (TPSA) is 55.1 Å². The van der Waals surface area contributed by atoms with E-state index in [1.165, 1.54) is 0 Å². The third-order valence-corrected chi connectivity index (χ3v) is 1.66. The van der Waals surface area contributed by atoms with Gasteiger partial charge in [-0.25, -0.2) is 0 Å². The first-order valence-electron chi connectivity index (χ1n) is 3.97. The minimum absolute atomic E-state index is 0.332. The molecule has 1 rings (SSSR count). The smallest absolute Gasteiger partial charge is 0.152 e. The first kappa shape index (κ1) is 9.48. The van der Waals surface area contributed by atoms with Gasteiger partial charge in [-0.2, -0.15) is 0 Å². The summed E-state index contributed by atoms with van der Waals surface area (Å²) in [5.74, 6) is 0. The van der Waals surface area contributed by atoms with Gasteiger partial charge in [-0.05, 0) is 12.1 Å². The molecule has 0 fully saturated rings. The Balaban J connectivity index is 2.86. The molecule has 0 aliphatic rings. The lowest BCUT2D eigenvalue weighted by molar-refractivity contribution is 0.112. The SMILES string of the molecule is C=CC(N)Nc1ccccc1C=O. The van der Waals surface area contributed by atoms with E-state index in [0.29, 0.717) is 5.56 Å². The number of carbonyl (C=O) groups is 1. The number of hydrogen-bond acceptors (Lipinski definition) is 3. The summed E-state index contributed by atoms with van der Waals surface area (Å²) in [6.07, 6.45) is 2.03. The lowest BCUT2D eigenvalue weighted by Gasteiger charge is -2.11. The summed E-state index contributed by atoms with van der Waals surface area (Å²) in [4.78, 5) is 10.6. The van der Waals surface area contributed by atoms with Gasteiger partial charge in [-0.1, -0.05) is 24.8 Å². The van der Waals surface area contributed by atoms with Gasteiger partial charge in [0.05, 0.1) is 6.17 Å². The molecular formula is C10H12N2O. The zero-order chi connectivity index (χ0) is 9.68. The minimum atomic E-state index is -0.332. The molecule has 0 saturated heterocycles. The molecule has 0 bridgehead atoms. The third-order valence-electron chi connectivity index (χ3n) is 1.66. The second-order valence-electron chi connectivity index (χ2n) is 2.61. The van der Waals surface area contributed by atoms with Crippen LogP contribution in [0.5, 0.6) is 0 Å². The van der Waals surface area contributed by atoms with Crippen LogP contribution < -0.4 is 11.1 Å². The lowest BCUT2D eigenvalue weighted by Crippen LogP contribution is -2.27. The molecule has 0 amide bonds. The normalized spacial score (nSPS) is 11.8. The molecule has 0 saturated carbocycles. The van der Waals surface area contributed by atoms with Crippen molar-refractivity contribution in [2.75, 3.05) is 5.32 Å². The summed E-state index contributed by atoms with van der Waals surface area (Å²) >= 11 is 0. The van der Waals surface area contributed by atoms with E-state index >= 15 is 0 Å². The highest BCUT2D eigenvalue weighted by atomic mass is 16.1.